The summed E-state index contributed by atoms with van der Waals surface area (Å²) in [4.78, 5) is 25.9. The van der Waals surface area contributed by atoms with Gasteiger partial charge in [-0.2, -0.15) is 0 Å². The predicted molar refractivity (Wildman–Crippen MR) is 99.6 cm³/mol. The minimum absolute atomic E-state index is 0.210. The van der Waals surface area contributed by atoms with Crippen LogP contribution in [0.2, 0.25) is 0 Å². The fourth-order valence-corrected chi connectivity index (χ4v) is 2.80. The van der Waals surface area contributed by atoms with Gasteiger partial charge in [-0.1, -0.05) is 35.9 Å². The number of hydrogen-bond acceptors (Lipinski definition) is 5. The van der Waals surface area contributed by atoms with Gasteiger partial charge in [-0.15, -0.1) is 0 Å². The number of amides is 1. The summed E-state index contributed by atoms with van der Waals surface area (Å²) in [6, 6.07) is 14.8. The first-order valence-electron chi connectivity index (χ1n) is 8.93. The molecule has 0 aliphatic carbocycles. The van der Waals surface area contributed by atoms with Gasteiger partial charge < -0.3 is 19.1 Å². The van der Waals surface area contributed by atoms with E-state index < -0.39 is 5.97 Å². The highest BCUT2D eigenvalue weighted by Gasteiger charge is 2.19. The van der Waals surface area contributed by atoms with E-state index in [0.29, 0.717) is 44.2 Å². The van der Waals surface area contributed by atoms with Crippen LogP contribution in [-0.4, -0.2) is 49.7 Å². The summed E-state index contributed by atoms with van der Waals surface area (Å²) in [7, 11) is 0. The smallest absolute Gasteiger partial charge is 0.338 e. The number of esters is 1. The molecule has 1 saturated heterocycles. The van der Waals surface area contributed by atoms with Gasteiger partial charge in [0.25, 0.3) is 5.91 Å². The quantitative estimate of drug-likeness (QED) is 0.733. The molecule has 2 aromatic carbocycles. The number of carbonyl (C=O) groups is 2. The standard InChI is InChI=1S/C21H23NO5/c1-16-4-2-5-17(12-16)14-26-19-7-3-6-18(13-19)21(24)27-15-20(23)22-8-10-25-11-9-22/h2-7,12-13H,8-11,14-15H2,1H3. The predicted octanol–water partition coefficient (Wildman–Crippen LogP) is 2.59. The van der Waals surface area contributed by atoms with Crippen molar-refractivity contribution in [2.75, 3.05) is 32.9 Å². The van der Waals surface area contributed by atoms with Crippen molar-refractivity contribution in [2.24, 2.45) is 0 Å². The maximum absolute atomic E-state index is 12.2. The van der Waals surface area contributed by atoms with Crippen LogP contribution in [0.3, 0.4) is 0 Å². The van der Waals surface area contributed by atoms with E-state index >= 15 is 0 Å². The lowest BCUT2D eigenvalue weighted by atomic mass is 10.1. The lowest BCUT2D eigenvalue weighted by molar-refractivity contribution is -0.138. The third-order valence-electron chi connectivity index (χ3n) is 4.25. The van der Waals surface area contributed by atoms with Gasteiger partial charge in [-0.25, -0.2) is 4.79 Å². The molecular formula is C21H23NO5. The summed E-state index contributed by atoms with van der Waals surface area (Å²) in [6.45, 7) is 4.25. The lowest BCUT2D eigenvalue weighted by Crippen LogP contribution is -2.42. The molecule has 0 unspecified atom stereocenters. The van der Waals surface area contributed by atoms with E-state index in [1.54, 1.807) is 29.2 Å². The molecule has 2 aromatic rings. The fourth-order valence-electron chi connectivity index (χ4n) is 2.80. The first-order chi connectivity index (χ1) is 13.1. The molecule has 1 aliphatic rings. The van der Waals surface area contributed by atoms with Crippen LogP contribution in [0.1, 0.15) is 21.5 Å². The van der Waals surface area contributed by atoms with Crippen LogP contribution in [0.25, 0.3) is 0 Å². The van der Waals surface area contributed by atoms with Crippen molar-refractivity contribution in [1.29, 1.82) is 0 Å². The molecule has 1 fully saturated rings. The Morgan fingerprint density at radius 2 is 1.85 bits per heavy atom. The van der Waals surface area contributed by atoms with Gasteiger partial charge in [0.15, 0.2) is 6.61 Å². The number of aryl methyl sites for hydroxylation is 1. The average molecular weight is 369 g/mol. The third kappa shape index (κ3) is 5.56. The molecule has 142 valence electrons. The molecule has 0 atom stereocenters. The number of morpholine rings is 1. The SMILES string of the molecule is Cc1cccc(COc2cccc(C(=O)OCC(=O)N3CCOCC3)c2)c1. The highest BCUT2D eigenvalue weighted by molar-refractivity contribution is 5.91. The zero-order valence-corrected chi connectivity index (χ0v) is 15.3. The van der Waals surface area contributed by atoms with E-state index in [0.717, 1.165) is 5.56 Å². The number of benzene rings is 2. The molecule has 1 aliphatic heterocycles. The van der Waals surface area contributed by atoms with Crippen molar-refractivity contribution in [3.05, 3.63) is 65.2 Å². The van der Waals surface area contributed by atoms with Crippen molar-refractivity contribution in [3.8, 4) is 5.75 Å². The van der Waals surface area contributed by atoms with E-state index in [1.165, 1.54) is 5.56 Å². The van der Waals surface area contributed by atoms with Gasteiger partial charge >= 0.3 is 5.97 Å². The minimum atomic E-state index is -0.544. The van der Waals surface area contributed by atoms with Crippen LogP contribution in [0.5, 0.6) is 5.75 Å². The third-order valence-corrected chi connectivity index (χ3v) is 4.25. The summed E-state index contributed by atoms with van der Waals surface area (Å²) < 4.78 is 16.1. The molecule has 1 amide bonds. The van der Waals surface area contributed by atoms with E-state index in [2.05, 4.69) is 6.07 Å². The number of nitrogens with zero attached hydrogens (tertiary/aromatic N) is 1. The second kappa shape index (κ2) is 9.19. The van der Waals surface area contributed by atoms with Gasteiger partial charge in [0.1, 0.15) is 12.4 Å². The number of carbonyl (C=O) groups excluding carboxylic acids is 2. The minimum Gasteiger partial charge on any atom is -0.489 e. The molecule has 27 heavy (non-hydrogen) atoms. The zero-order valence-electron chi connectivity index (χ0n) is 15.3. The summed E-state index contributed by atoms with van der Waals surface area (Å²) in [6.07, 6.45) is 0. The summed E-state index contributed by atoms with van der Waals surface area (Å²) in [5, 5.41) is 0. The molecule has 0 radical (unpaired) electrons. The normalized spacial score (nSPS) is 13.9. The van der Waals surface area contributed by atoms with Crippen molar-refractivity contribution >= 4 is 11.9 Å². The van der Waals surface area contributed by atoms with Gasteiger partial charge in [0.2, 0.25) is 0 Å². The Bertz CT molecular complexity index is 799. The van der Waals surface area contributed by atoms with Crippen LogP contribution >= 0.6 is 0 Å². The summed E-state index contributed by atoms with van der Waals surface area (Å²) >= 11 is 0. The Labute approximate surface area is 158 Å². The largest absolute Gasteiger partial charge is 0.489 e. The average Bonchev–Trinajstić information content (AvgIpc) is 2.71. The monoisotopic (exact) mass is 369 g/mol. The lowest BCUT2D eigenvalue weighted by Gasteiger charge is -2.26. The highest BCUT2D eigenvalue weighted by atomic mass is 16.5. The van der Waals surface area contributed by atoms with Crippen LogP contribution in [0, 0.1) is 6.92 Å². The van der Waals surface area contributed by atoms with Crippen LogP contribution in [0.15, 0.2) is 48.5 Å². The van der Waals surface area contributed by atoms with Crippen LogP contribution in [0.4, 0.5) is 0 Å². The number of hydrogen-bond donors (Lipinski definition) is 0. The van der Waals surface area contributed by atoms with E-state index in [4.69, 9.17) is 14.2 Å². The number of rotatable bonds is 6. The van der Waals surface area contributed by atoms with Gasteiger partial charge in [0, 0.05) is 13.1 Å². The molecule has 0 saturated carbocycles. The van der Waals surface area contributed by atoms with Crippen molar-refractivity contribution < 1.29 is 23.8 Å². The molecule has 1 heterocycles. The van der Waals surface area contributed by atoms with Crippen LogP contribution < -0.4 is 4.74 Å². The van der Waals surface area contributed by atoms with Crippen molar-refractivity contribution in [2.45, 2.75) is 13.5 Å². The zero-order chi connectivity index (χ0) is 19.1. The maximum Gasteiger partial charge on any atom is 0.338 e. The fraction of sp³-hybridized carbons (Fsp3) is 0.333. The van der Waals surface area contributed by atoms with E-state index in [1.807, 2.05) is 25.1 Å². The van der Waals surface area contributed by atoms with E-state index in [9.17, 15) is 9.59 Å². The van der Waals surface area contributed by atoms with Crippen molar-refractivity contribution in [1.82, 2.24) is 4.90 Å². The molecular weight excluding hydrogens is 346 g/mol. The Kier molecular flexibility index (Phi) is 6.44. The van der Waals surface area contributed by atoms with Crippen molar-refractivity contribution in [3.63, 3.8) is 0 Å². The Morgan fingerprint density at radius 1 is 1.07 bits per heavy atom. The topological polar surface area (TPSA) is 65.1 Å². The first kappa shape index (κ1) is 18.9. The molecule has 6 nitrogen and oxygen atoms in total. The van der Waals surface area contributed by atoms with Gasteiger partial charge in [0.05, 0.1) is 18.8 Å². The second-order valence-electron chi connectivity index (χ2n) is 6.37. The Hall–Kier alpha value is -2.86. The summed E-state index contributed by atoms with van der Waals surface area (Å²) in [5.74, 6) is -0.179. The number of ether oxygens (including phenoxy) is 3. The molecule has 0 bridgehead atoms. The molecule has 0 spiro atoms. The molecule has 6 heteroatoms. The Morgan fingerprint density at radius 3 is 2.63 bits per heavy atom. The molecule has 0 N–H and O–H groups in total. The van der Waals surface area contributed by atoms with Crippen LogP contribution in [-0.2, 0) is 20.9 Å². The second-order valence-corrected chi connectivity index (χ2v) is 6.37. The molecule has 0 aromatic heterocycles. The first-order valence-corrected chi connectivity index (χ1v) is 8.93. The van der Waals surface area contributed by atoms with Gasteiger partial charge in [-0.05, 0) is 30.7 Å². The Balaban J connectivity index is 1.52. The molecule has 3 rings (SSSR count). The highest BCUT2D eigenvalue weighted by Crippen LogP contribution is 2.16. The van der Waals surface area contributed by atoms with E-state index in [-0.39, 0.29) is 12.5 Å². The summed E-state index contributed by atoms with van der Waals surface area (Å²) in [5.41, 5.74) is 2.57. The maximum atomic E-state index is 12.2. The van der Waals surface area contributed by atoms with Gasteiger partial charge in [-0.3, -0.25) is 4.79 Å².